The van der Waals surface area contributed by atoms with Gasteiger partial charge in [0.25, 0.3) is 0 Å². The SMILES string of the molecule is CCOP(=O)(C=Cc1cccc2c1CC(C(=O)O)N(C(=O)O)C2)OCC. The predicted octanol–water partition coefficient (Wildman–Crippen LogP) is 3.41. The fourth-order valence-corrected chi connectivity index (χ4v) is 4.19. The van der Waals surface area contributed by atoms with Crippen LogP contribution in [0, 0.1) is 0 Å². The molecule has 26 heavy (non-hydrogen) atoms. The number of carboxylic acids is 1. The first kappa shape index (κ1) is 20.2. The lowest BCUT2D eigenvalue weighted by molar-refractivity contribution is -0.143. The highest BCUT2D eigenvalue weighted by Crippen LogP contribution is 2.50. The summed E-state index contributed by atoms with van der Waals surface area (Å²) in [7, 11) is -3.38. The Balaban J connectivity index is 2.38. The summed E-state index contributed by atoms with van der Waals surface area (Å²) in [6.45, 7) is 3.86. The van der Waals surface area contributed by atoms with E-state index in [9.17, 15) is 24.4 Å². The third-order valence-corrected chi connectivity index (χ3v) is 5.76. The van der Waals surface area contributed by atoms with Crippen molar-refractivity contribution in [3.8, 4) is 0 Å². The fourth-order valence-electron chi connectivity index (χ4n) is 2.88. The Hall–Kier alpha value is -2.15. The Morgan fingerprint density at radius 1 is 1.27 bits per heavy atom. The molecule has 0 saturated carbocycles. The minimum atomic E-state index is -3.38. The van der Waals surface area contributed by atoms with Gasteiger partial charge in [0.1, 0.15) is 6.04 Å². The molecule has 0 bridgehead atoms. The number of nitrogens with zero attached hydrogens (tertiary/aromatic N) is 1. The van der Waals surface area contributed by atoms with Gasteiger partial charge in [0.2, 0.25) is 0 Å². The molecule has 0 spiro atoms. The van der Waals surface area contributed by atoms with E-state index in [1.165, 1.54) is 5.82 Å². The summed E-state index contributed by atoms with van der Waals surface area (Å²) >= 11 is 0. The van der Waals surface area contributed by atoms with Gasteiger partial charge in [-0.05, 0) is 36.6 Å². The van der Waals surface area contributed by atoms with Gasteiger partial charge in [-0.2, -0.15) is 0 Å². The van der Waals surface area contributed by atoms with E-state index in [0.717, 1.165) is 10.5 Å². The van der Waals surface area contributed by atoms with Crippen LogP contribution in [0.5, 0.6) is 0 Å². The third-order valence-electron chi connectivity index (χ3n) is 4.01. The van der Waals surface area contributed by atoms with Crippen LogP contribution in [-0.4, -0.2) is 46.4 Å². The van der Waals surface area contributed by atoms with Crippen molar-refractivity contribution in [2.45, 2.75) is 32.9 Å². The fraction of sp³-hybridized carbons (Fsp3) is 0.412. The van der Waals surface area contributed by atoms with Gasteiger partial charge in [0.15, 0.2) is 0 Å². The molecule has 1 aromatic rings. The molecule has 0 radical (unpaired) electrons. The minimum Gasteiger partial charge on any atom is -0.480 e. The lowest BCUT2D eigenvalue weighted by Crippen LogP contribution is -2.48. The van der Waals surface area contributed by atoms with Crippen molar-refractivity contribution in [2.75, 3.05) is 13.2 Å². The molecule has 0 aromatic heterocycles. The average molecular weight is 383 g/mol. The standard InChI is InChI=1S/C17H22NO7P/c1-3-24-26(23,25-4-2)9-8-12-6-5-7-13-11-18(17(21)22)15(16(19)20)10-14(12)13/h5-9,15H,3-4,10-11H2,1-2H3,(H,19,20)(H,21,22). The Bertz CT molecular complexity index is 751. The summed E-state index contributed by atoms with van der Waals surface area (Å²) in [6, 6.07) is 4.09. The zero-order chi connectivity index (χ0) is 19.3. The normalized spacial score (nSPS) is 17.3. The maximum Gasteiger partial charge on any atom is 0.408 e. The molecule has 1 unspecified atom stereocenters. The van der Waals surface area contributed by atoms with E-state index in [1.807, 2.05) is 0 Å². The molecule has 1 aliphatic heterocycles. The van der Waals surface area contributed by atoms with Gasteiger partial charge < -0.3 is 19.3 Å². The van der Waals surface area contributed by atoms with E-state index < -0.39 is 25.7 Å². The summed E-state index contributed by atoms with van der Waals surface area (Å²) in [6.07, 6.45) is 0.340. The van der Waals surface area contributed by atoms with Crippen molar-refractivity contribution in [1.82, 2.24) is 4.90 Å². The van der Waals surface area contributed by atoms with Crippen LogP contribution in [0.4, 0.5) is 4.79 Å². The summed E-state index contributed by atoms with van der Waals surface area (Å²) < 4.78 is 23.0. The number of aliphatic carboxylic acids is 1. The maximum absolute atomic E-state index is 12.6. The maximum atomic E-state index is 12.6. The van der Waals surface area contributed by atoms with Crippen molar-refractivity contribution in [3.63, 3.8) is 0 Å². The summed E-state index contributed by atoms with van der Waals surface area (Å²) in [4.78, 5) is 23.7. The molecular weight excluding hydrogens is 361 g/mol. The summed E-state index contributed by atoms with van der Waals surface area (Å²) in [5.41, 5.74) is 2.10. The van der Waals surface area contributed by atoms with Crippen molar-refractivity contribution < 1.29 is 33.4 Å². The van der Waals surface area contributed by atoms with E-state index in [0.29, 0.717) is 11.1 Å². The second kappa shape index (κ2) is 8.49. The number of fused-ring (bicyclic) bond motifs is 1. The van der Waals surface area contributed by atoms with Crippen molar-refractivity contribution >= 4 is 25.7 Å². The van der Waals surface area contributed by atoms with Crippen LogP contribution < -0.4 is 0 Å². The first-order valence-electron chi connectivity index (χ1n) is 8.22. The highest BCUT2D eigenvalue weighted by molar-refractivity contribution is 7.57. The molecular formula is C17H22NO7P. The number of amides is 1. The molecule has 9 heteroatoms. The number of hydrogen-bond acceptors (Lipinski definition) is 5. The van der Waals surface area contributed by atoms with Crippen LogP contribution >= 0.6 is 7.60 Å². The van der Waals surface area contributed by atoms with Crippen LogP contribution in [0.1, 0.15) is 30.5 Å². The molecule has 2 rings (SSSR count). The molecule has 0 aliphatic carbocycles. The number of carbonyl (C=O) groups is 2. The van der Waals surface area contributed by atoms with Crippen LogP contribution in [0.25, 0.3) is 6.08 Å². The lowest BCUT2D eigenvalue weighted by atomic mass is 9.90. The van der Waals surface area contributed by atoms with Gasteiger partial charge >= 0.3 is 19.7 Å². The second-order valence-corrected chi connectivity index (χ2v) is 7.54. The van der Waals surface area contributed by atoms with Crippen LogP contribution in [0.3, 0.4) is 0 Å². The molecule has 1 atom stereocenters. The van der Waals surface area contributed by atoms with E-state index in [-0.39, 0.29) is 26.2 Å². The van der Waals surface area contributed by atoms with Gasteiger partial charge in [0.05, 0.1) is 19.8 Å². The van der Waals surface area contributed by atoms with E-state index in [2.05, 4.69) is 0 Å². The number of hydrogen-bond donors (Lipinski definition) is 2. The first-order chi connectivity index (χ1) is 12.3. The molecule has 1 heterocycles. The molecule has 2 N–H and O–H groups in total. The second-order valence-electron chi connectivity index (χ2n) is 5.64. The highest BCUT2D eigenvalue weighted by atomic mass is 31.2. The van der Waals surface area contributed by atoms with Gasteiger partial charge in [-0.15, -0.1) is 0 Å². The van der Waals surface area contributed by atoms with Gasteiger partial charge in [0, 0.05) is 12.2 Å². The average Bonchev–Trinajstić information content (AvgIpc) is 2.59. The molecule has 1 aliphatic rings. The molecule has 1 amide bonds. The zero-order valence-electron chi connectivity index (χ0n) is 14.6. The lowest BCUT2D eigenvalue weighted by Gasteiger charge is -2.33. The predicted molar refractivity (Wildman–Crippen MR) is 95.0 cm³/mol. The number of carboxylic acid groups (broad SMARTS) is 2. The van der Waals surface area contributed by atoms with E-state index >= 15 is 0 Å². The number of rotatable bonds is 7. The zero-order valence-corrected chi connectivity index (χ0v) is 15.5. The highest BCUT2D eigenvalue weighted by Gasteiger charge is 2.35. The molecule has 142 valence electrons. The van der Waals surface area contributed by atoms with E-state index in [4.69, 9.17) is 9.05 Å². The molecule has 0 saturated heterocycles. The Labute approximate surface area is 151 Å². The van der Waals surface area contributed by atoms with Crippen LogP contribution in [-0.2, 0) is 31.4 Å². The minimum absolute atomic E-state index is 0.0160. The van der Waals surface area contributed by atoms with Crippen LogP contribution in [0.15, 0.2) is 24.0 Å². The van der Waals surface area contributed by atoms with Gasteiger partial charge in [-0.25, -0.2) is 9.59 Å². The smallest absolute Gasteiger partial charge is 0.408 e. The molecule has 8 nitrogen and oxygen atoms in total. The Kier molecular flexibility index (Phi) is 6.58. The van der Waals surface area contributed by atoms with Crippen LogP contribution in [0.2, 0.25) is 0 Å². The van der Waals surface area contributed by atoms with Crippen molar-refractivity contribution in [2.24, 2.45) is 0 Å². The Morgan fingerprint density at radius 3 is 2.46 bits per heavy atom. The third kappa shape index (κ3) is 4.52. The van der Waals surface area contributed by atoms with Crippen molar-refractivity contribution in [1.29, 1.82) is 0 Å². The van der Waals surface area contributed by atoms with E-state index in [1.54, 1.807) is 38.1 Å². The summed E-state index contributed by atoms with van der Waals surface area (Å²) in [5.74, 6) is 0.153. The molecule has 1 aromatic carbocycles. The largest absolute Gasteiger partial charge is 0.480 e. The first-order valence-corrected chi connectivity index (χ1v) is 9.83. The van der Waals surface area contributed by atoms with Gasteiger partial charge in [-0.1, -0.05) is 18.2 Å². The quantitative estimate of drug-likeness (QED) is 0.694. The number of benzene rings is 1. The Morgan fingerprint density at radius 2 is 1.92 bits per heavy atom. The van der Waals surface area contributed by atoms with Gasteiger partial charge in [-0.3, -0.25) is 9.46 Å². The topological polar surface area (TPSA) is 113 Å². The summed E-state index contributed by atoms with van der Waals surface area (Å²) in [5, 5.41) is 18.6. The monoisotopic (exact) mass is 383 g/mol. The van der Waals surface area contributed by atoms with Crippen molar-refractivity contribution in [3.05, 3.63) is 40.7 Å². The molecule has 0 fully saturated rings.